The molecule has 2 rings (SSSR count). The van der Waals surface area contributed by atoms with Gasteiger partial charge in [-0.05, 0) is 38.0 Å². The van der Waals surface area contributed by atoms with Crippen LogP contribution in [0.4, 0.5) is 5.69 Å². The second-order valence-corrected chi connectivity index (χ2v) is 9.47. The molecule has 0 saturated heterocycles. The zero-order valence-electron chi connectivity index (χ0n) is 21.3. The molecule has 0 spiro atoms. The summed E-state index contributed by atoms with van der Waals surface area (Å²) in [6.45, 7) is 9.00. The fourth-order valence-electron chi connectivity index (χ4n) is 3.66. The third-order valence-electron chi connectivity index (χ3n) is 5.68. The number of hydrogen-bond donors (Lipinski definition) is 2. The topological polar surface area (TPSA) is 103 Å². The molecule has 0 bridgehead atoms. The number of amides is 3. The molecule has 0 aromatic heterocycles. The van der Waals surface area contributed by atoms with Gasteiger partial charge in [-0.2, -0.15) is 5.10 Å². The Labute approximate surface area is 223 Å². The zero-order chi connectivity index (χ0) is 26.5. The Balaban J connectivity index is 1.59. The van der Waals surface area contributed by atoms with E-state index in [0.717, 1.165) is 18.7 Å². The minimum atomic E-state index is -0.150. The summed E-state index contributed by atoms with van der Waals surface area (Å²) in [5, 5.41) is 12.9. The molecule has 0 saturated carbocycles. The number of hydrazone groups is 1. The number of hydrogen-bond acceptors (Lipinski definition) is 6. The molecule has 3 amide bonds. The van der Waals surface area contributed by atoms with Crippen molar-refractivity contribution in [1.82, 2.24) is 15.5 Å². The van der Waals surface area contributed by atoms with E-state index in [9.17, 15) is 14.4 Å². The average molecular weight is 543 g/mol. The van der Waals surface area contributed by atoms with Gasteiger partial charge in [0.2, 0.25) is 17.7 Å². The highest BCUT2D eigenvalue weighted by Crippen LogP contribution is 2.29. The van der Waals surface area contributed by atoms with Crippen molar-refractivity contribution in [2.24, 2.45) is 11.0 Å². The van der Waals surface area contributed by atoms with Gasteiger partial charge in [-0.25, -0.2) is 0 Å². The fraction of sp³-hybridized carbons (Fsp3) is 0.600. The Kier molecular flexibility index (Phi) is 13.0. The first kappa shape index (κ1) is 29.9. The van der Waals surface area contributed by atoms with Crippen LogP contribution in [0, 0.1) is 5.92 Å². The largest absolute Gasteiger partial charge is 0.380 e. The fourth-order valence-corrected chi connectivity index (χ4v) is 3.95. The predicted molar refractivity (Wildman–Crippen MR) is 143 cm³/mol. The molecule has 1 atom stereocenters. The number of nitrogens with one attached hydrogen (secondary N) is 2. The molecule has 1 aliphatic rings. The number of ether oxygens (including phenoxy) is 1. The van der Waals surface area contributed by atoms with Gasteiger partial charge in [-0.3, -0.25) is 19.4 Å². The van der Waals surface area contributed by atoms with Crippen LogP contribution in [0.1, 0.15) is 52.9 Å². The molecule has 0 aliphatic carbocycles. The SMILES string of the molecule is CCCN(CC)C(=O)CCOCCC(=O)NCCCC(=O)NC1=NN(c2ccc(Cl)c(Cl)c2)CC1C. The van der Waals surface area contributed by atoms with Crippen LogP contribution >= 0.6 is 23.2 Å². The molecule has 11 heteroatoms. The van der Waals surface area contributed by atoms with E-state index in [1.807, 2.05) is 26.8 Å². The lowest BCUT2D eigenvalue weighted by Crippen LogP contribution is -2.34. The Morgan fingerprint density at radius 1 is 1.11 bits per heavy atom. The normalized spacial score (nSPS) is 15.0. The third-order valence-corrected chi connectivity index (χ3v) is 6.41. The predicted octanol–water partition coefficient (Wildman–Crippen LogP) is 3.83. The number of nitrogens with zero attached hydrogens (tertiary/aromatic N) is 3. The summed E-state index contributed by atoms with van der Waals surface area (Å²) in [6, 6.07) is 5.29. The monoisotopic (exact) mass is 541 g/mol. The number of amidine groups is 1. The summed E-state index contributed by atoms with van der Waals surface area (Å²) in [6.07, 6.45) is 2.23. The van der Waals surface area contributed by atoms with Crippen molar-refractivity contribution in [1.29, 1.82) is 0 Å². The summed E-state index contributed by atoms with van der Waals surface area (Å²) in [5.41, 5.74) is 0.804. The molecule has 0 radical (unpaired) electrons. The van der Waals surface area contributed by atoms with Gasteiger partial charge in [0.25, 0.3) is 0 Å². The van der Waals surface area contributed by atoms with Gasteiger partial charge < -0.3 is 20.3 Å². The Morgan fingerprint density at radius 3 is 2.56 bits per heavy atom. The summed E-state index contributed by atoms with van der Waals surface area (Å²) < 4.78 is 5.43. The molecular weight excluding hydrogens is 505 g/mol. The van der Waals surface area contributed by atoms with Gasteiger partial charge in [-0.1, -0.05) is 37.0 Å². The minimum Gasteiger partial charge on any atom is -0.380 e. The van der Waals surface area contributed by atoms with Crippen LogP contribution in [0.15, 0.2) is 23.3 Å². The number of rotatable bonds is 14. The lowest BCUT2D eigenvalue weighted by molar-refractivity contribution is -0.132. The molecule has 1 heterocycles. The summed E-state index contributed by atoms with van der Waals surface area (Å²) in [5.74, 6) is 0.427. The smallest absolute Gasteiger partial charge is 0.225 e. The van der Waals surface area contributed by atoms with E-state index in [4.69, 9.17) is 27.9 Å². The van der Waals surface area contributed by atoms with Crippen LogP contribution < -0.4 is 15.6 Å². The van der Waals surface area contributed by atoms with Crippen molar-refractivity contribution in [3.05, 3.63) is 28.2 Å². The van der Waals surface area contributed by atoms with Crippen LogP contribution in [0.5, 0.6) is 0 Å². The highest BCUT2D eigenvalue weighted by atomic mass is 35.5. The van der Waals surface area contributed by atoms with E-state index < -0.39 is 0 Å². The summed E-state index contributed by atoms with van der Waals surface area (Å²) in [7, 11) is 0. The summed E-state index contributed by atoms with van der Waals surface area (Å²) >= 11 is 12.1. The molecule has 36 heavy (non-hydrogen) atoms. The van der Waals surface area contributed by atoms with Crippen molar-refractivity contribution in [2.75, 3.05) is 44.4 Å². The Morgan fingerprint density at radius 2 is 1.86 bits per heavy atom. The number of halogens is 2. The van der Waals surface area contributed by atoms with Gasteiger partial charge in [-0.15, -0.1) is 0 Å². The molecular formula is C25H37Cl2N5O4. The molecule has 200 valence electrons. The summed E-state index contributed by atoms with van der Waals surface area (Å²) in [4.78, 5) is 38.1. The van der Waals surface area contributed by atoms with E-state index >= 15 is 0 Å². The molecule has 1 aliphatic heterocycles. The number of benzene rings is 1. The standard InChI is InChI=1S/C25H37Cl2N5O4/c1-4-13-31(5-2)24(35)11-15-36-14-10-22(33)28-12-6-7-23(34)29-25-18(3)17-32(30-25)19-8-9-20(26)21(27)16-19/h8-9,16,18H,4-7,10-15,17H2,1-3H3,(H,28,33)(H,29,30,34). The van der Waals surface area contributed by atoms with Gasteiger partial charge in [0.1, 0.15) is 5.84 Å². The number of anilines is 1. The van der Waals surface area contributed by atoms with Gasteiger partial charge in [0, 0.05) is 38.4 Å². The van der Waals surface area contributed by atoms with E-state index in [-0.39, 0.29) is 43.1 Å². The molecule has 1 aromatic carbocycles. The molecule has 0 fully saturated rings. The second kappa shape index (κ2) is 15.7. The Hall–Kier alpha value is -2.36. The number of carbonyl (C=O) groups is 3. The Bertz CT molecular complexity index is 928. The van der Waals surface area contributed by atoms with Gasteiger partial charge in [0.05, 0.1) is 41.9 Å². The molecule has 1 unspecified atom stereocenters. The maximum absolute atomic E-state index is 12.3. The highest BCUT2D eigenvalue weighted by Gasteiger charge is 2.25. The second-order valence-electron chi connectivity index (χ2n) is 8.65. The van der Waals surface area contributed by atoms with Gasteiger partial charge >= 0.3 is 0 Å². The highest BCUT2D eigenvalue weighted by molar-refractivity contribution is 6.42. The first-order valence-corrected chi connectivity index (χ1v) is 13.2. The van der Waals surface area contributed by atoms with Crippen LogP contribution in [0.3, 0.4) is 0 Å². The third kappa shape index (κ3) is 9.95. The van der Waals surface area contributed by atoms with Crippen molar-refractivity contribution < 1.29 is 19.1 Å². The number of carbonyl (C=O) groups excluding carboxylic acids is 3. The van der Waals surface area contributed by atoms with Crippen LogP contribution in [0.25, 0.3) is 0 Å². The maximum Gasteiger partial charge on any atom is 0.225 e. The van der Waals surface area contributed by atoms with Crippen LogP contribution in [-0.4, -0.2) is 67.8 Å². The first-order valence-electron chi connectivity index (χ1n) is 12.5. The lowest BCUT2D eigenvalue weighted by Gasteiger charge is -2.19. The van der Waals surface area contributed by atoms with Crippen molar-refractivity contribution in [2.45, 2.75) is 52.9 Å². The minimum absolute atomic E-state index is 0.0510. The van der Waals surface area contributed by atoms with Crippen molar-refractivity contribution in [3.8, 4) is 0 Å². The molecule has 9 nitrogen and oxygen atoms in total. The molecule has 1 aromatic rings. The van der Waals surface area contributed by atoms with Crippen LogP contribution in [0.2, 0.25) is 10.0 Å². The molecule has 2 N–H and O–H groups in total. The van der Waals surface area contributed by atoms with Gasteiger partial charge in [0.15, 0.2) is 0 Å². The zero-order valence-corrected chi connectivity index (χ0v) is 22.8. The lowest BCUT2D eigenvalue weighted by atomic mass is 10.1. The average Bonchev–Trinajstić information content (AvgIpc) is 3.21. The van der Waals surface area contributed by atoms with Crippen molar-refractivity contribution in [3.63, 3.8) is 0 Å². The van der Waals surface area contributed by atoms with E-state index in [2.05, 4.69) is 15.7 Å². The maximum atomic E-state index is 12.3. The van der Waals surface area contributed by atoms with E-state index in [1.54, 1.807) is 22.0 Å². The van der Waals surface area contributed by atoms with E-state index in [1.165, 1.54) is 0 Å². The quantitative estimate of drug-likeness (QED) is 0.348. The first-order chi connectivity index (χ1) is 17.2. The van der Waals surface area contributed by atoms with Crippen LogP contribution in [-0.2, 0) is 19.1 Å². The van der Waals surface area contributed by atoms with Crippen molar-refractivity contribution >= 4 is 52.4 Å². The van der Waals surface area contributed by atoms with E-state index in [0.29, 0.717) is 55.0 Å².